The average molecular weight is 365 g/mol. The van der Waals surface area contributed by atoms with Gasteiger partial charge in [-0.15, -0.1) is 0 Å². The molecule has 0 aromatic rings. The van der Waals surface area contributed by atoms with Crippen LogP contribution >= 0.6 is 0 Å². The summed E-state index contributed by atoms with van der Waals surface area (Å²) in [4.78, 5) is 17.0. The second-order valence-corrected chi connectivity index (χ2v) is 8.27. The number of carbonyl (C=O) groups is 1. The molecule has 3 nitrogen and oxygen atoms in total. The molecule has 0 aromatic carbocycles. The Labute approximate surface area is 163 Å². The first kappa shape index (κ1) is 23.2. The van der Waals surface area contributed by atoms with Gasteiger partial charge in [0, 0.05) is 31.7 Å². The summed E-state index contributed by atoms with van der Waals surface area (Å²) in [7, 11) is 0. The van der Waals surface area contributed by atoms with Gasteiger partial charge in [-0.1, -0.05) is 78.2 Å². The zero-order chi connectivity index (χ0) is 19.3. The summed E-state index contributed by atoms with van der Waals surface area (Å²) in [5.41, 5.74) is 0.316. The van der Waals surface area contributed by atoms with Gasteiger partial charge in [0.2, 0.25) is 5.91 Å². The van der Waals surface area contributed by atoms with E-state index in [0.29, 0.717) is 5.54 Å². The summed E-state index contributed by atoms with van der Waals surface area (Å²) >= 11 is 0. The Balaban J connectivity index is 2.55. The van der Waals surface area contributed by atoms with Crippen LogP contribution in [0.2, 0.25) is 0 Å². The van der Waals surface area contributed by atoms with Crippen molar-refractivity contribution in [3.63, 3.8) is 0 Å². The lowest BCUT2D eigenvalue weighted by Crippen LogP contribution is -2.56. The summed E-state index contributed by atoms with van der Waals surface area (Å²) < 4.78 is 0. The van der Waals surface area contributed by atoms with E-state index in [1.807, 2.05) is 11.0 Å². The lowest BCUT2D eigenvalue weighted by atomic mass is 9.86. The monoisotopic (exact) mass is 364 g/mol. The highest BCUT2D eigenvalue weighted by molar-refractivity contribution is 5.87. The van der Waals surface area contributed by atoms with E-state index >= 15 is 0 Å². The van der Waals surface area contributed by atoms with Crippen molar-refractivity contribution in [1.29, 1.82) is 0 Å². The molecule has 3 heteroatoms. The van der Waals surface area contributed by atoms with Crippen LogP contribution in [0.1, 0.15) is 98.3 Å². The number of unbranched alkanes of at least 4 members (excludes halogenated alkanes) is 6. The standard InChI is InChI=1S/C23H44N2O/c1-5-8-11-14-17-23(4,16-13-10-7-3)25-20-18-24(19-21-25)22(26)15-12-9-6-2/h12,15H,5-11,13-14,16-21H2,1-4H3/b15-12+. The van der Waals surface area contributed by atoms with E-state index < -0.39 is 0 Å². The van der Waals surface area contributed by atoms with Crippen molar-refractivity contribution in [2.45, 2.75) is 104 Å². The average Bonchev–Trinajstić information content (AvgIpc) is 2.66. The Kier molecular flexibility index (Phi) is 11.9. The number of amides is 1. The van der Waals surface area contributed by atoms with E-state index in [-0.39, 0.29) is 5.91 Å². The number of rotatable bonds is 13. The van der Waals surface area contributed by atoms with Gasteiger partial charge in [-0.05, 0) is 32.3 Å². The lowest BCUT2D eigenvalue weighted by Gasteiger charge is -2.46. The van der Waals surface area contributed by atoms with E-state index in [1.54, 1.807) is 6.08 Å². The first-order valence-electron chi connectivity index (χ1n) is 11.3. The first-order valence-corrected chi connectivity index (χ1v) is 11.3. The third-order valence-corrected chi connectivity index (χ3v) is 5.96. The molecular formula is C23H44N2O. The predicted octanol–water partition coefficient (Wildman–Crippen LogP) is 5.80. The fraction of sp³-hybridized carbons (Fsp3) is 0.870. The minimum atomic E-state index is 0.203. The maximum atomic E-state index is 12.3. The number of hydrogen-bond donors (Lipinski definition) is 0. The predicted molar refractivity (Wildman–Crippen MR) is 114 cm³/mol. The molecule has 0 saturated carbocycles. The maximum absolute atomic E-state index is 12.3. The smallest absolute Gasteiger partial charge is 0.246 e. The Morgan fingerprint density at radius 3 is 2.00 bits per heavy atom. The normalized spacial score (nSPS) is 18.4. The molecule has 1 heterocycles. The zero-order valence-corrected chi connectivity index (χ0v) is 18.1. The molecule has 1 aliphatic heterocycles. The van der Waals surface area contributed by atoms with Gasteiger partial charge in [0.15, 0.2) is 0 Å². The van der Waals surface area contributed by atoms with E-state index in [1.165, 1.54) is 57.8 Å². The Morgan fingerprint density at radius 2 is 1.42 bits per heavy atom. The van der Waals surface area contributed by atoms with Crippen LogP contribution in [0, 0.1) is 0 Å². The third-order valence-electron chi connectivity index (χ3n) is 5.96. The van der Waals surface area contributed by atoms with Gasteiger partial charge in [-0.3, -0.25) is 9.69 Å². The van der Waals surface area contributed by atoms with Gasteiger partial charge in [0.25, 0.3) is 0 Å². The van der Waals surface area contributed by atoms with Crippen molar-refractivity contribution < 1.29 is 4.79 Å². The fourth-order valence-electron chi connectivity index (χ4n) is 4.05. The van der Waals surface area contributed by atoms with Gasteiger partial charge in [0.1, 0.15) is 0 Å². The van der Waals surface area contributed by atoms with E-state index in [0.717, 1.165) is 39.0 Å². The molecule has 0 aliphatic carbocycles. The van der Waals surface area contributed by atoms with Crippen molar-refractivity contribution >= 4 is 5.91 Å². The van der Waals surface area contributed by atoms with Gasteiger partial charge in [0.05, 0.1) is 0 Å². The van der Waals surface area contributed by atoms with Crippen molar-refractivity contribution in [2.75, 3.05) is 26.2 Å². The zero-order valence-electron chi connectivity index (χ0n) is 18.1. The molecule has 1 saturated heterocycles. The fourth-order valence-corrected chi connectivity index (χ4v) is 4.05. The SMILES string of the molecule is CCC/C=C/C(=O)N1CCN(C(C)(CCCCC)CCCCCC)CC1. The molecule has 1 aliphatic rings. The van der Waals surface area contributed by atoms with Crippen molar-refractivity contribution in [3.8, 4) is 0 Å². The molecule has 0 aromatic heterocycles. The highest BCUT2D eigenvalue weighted by Crippen LogP contribution is 2.30. The number of hydrogen-bond acceptors (Lipinski definition) is 2. The molecule has 0 spiro atoms. The van der Waals surface area contributed by atoms with E-state index in [9.17, 15) is 4.79 Å². The second kappa shape index (κ2) is 13.4. The van der Waals surface area contributed by atoms with E-state index in [4.69, 9.17) is 0 Å². The van der Waals surface area contributed by atoms with Crippen molar-refractivity contribution in [1.82, 2.24) is 9.80 Å². The van der Waals surface area contributed by atoms with Crippen LogP contribution < -0.4 is 0 Å². The number of carbonyl (C=O) groups excluding carboxylic acids is 1. The topological polar surface area (TPSA) is 23.6 Å². The number of nitrogens with zero attached hydrogens (tertiary/aromatic N) is 2. The summed E-state index contributed by atoms with van der Waals surface area (Å²) in [6.07, 6.45) is 17.8. The largest absolute Gasteiger partial charge is 0.337 e. The highest BCUT2D eigenvalue weighted by atomic mass is 16.2. The summed E-state index contributed by atoms with van der Waals surface area (Å²) in [5.74, 6) is 0.203. The maximum Gasteiger partial charge on any atom is 0.246 e. The van der Waals surface area contributed by atoms with Crippen LogP contribution in [-0.4, -0.2) is 47.4 Å². The van der Waals surface area contributed by atoms with Crippen molar-refractivity contribution in [2.24, 2.45) is 0 Å². The Hall–Kier alpha value is -0.830. The molecule has 1 fully saturated rings. The molecule has 152 valence electrons. The third kappa shape index (κ3) is 8.24. The molecule has 1 amide bonds. The second-order valence-electron chi connectivity index (χ2n) is 8.27. The van der Waals surface area contributed by atoms with Gasteiger partial charge in [-0.25, -0.2) is 0 Å². The quantitative estimate of drug-likeness (QED) is 0.305. The minimum absolute atomic E-state index is 0.203. The molecule has 26 heavy (non-hydrogen) atoms. The highest BCUT2D eigenvalue weighted by Gasteiger charge is 2.33. The molecule has 1 atom stereocenters. The molecule has 0 bridgehead atoms. The summed E-state index contributed by atoms with van der Waals surface area (Å²) in [5, 5.41) is 0. The number of allylic oxidation sites excluding steroid dienone is 1. The molecule has 0 radical (unpaired) electrons. The van der Waals surface area contributed by atoms with Crippen molar-refractivity contribution in [3.05, 3.63) is 12.2 Å². The molecular weight excluding hydrogens is 320 g/mol. The van der Waals surface area contributed by atoms with Crippen LogP contribution in [0.5, 0.6) is 0 Å². The number of piperazine rings is 1. The van der Waals surface area contributed by atoms with E-state index in [2.05, 4.69) is 32.6 Å². The van der Waals surface area contributed by atoms with Crippen LogP contribution in [0.25, 0.3) is 0 Å². The molecule has 0 N–H and O–H groups in total. The lowest BCUT2D eigenvalue weighted by molar-refractivity contribution is -0.128. The summed E-state index contributed by atoms with van der Waals surface area (Å²) in [6, 6.07) is 0. The summed E-state index contributed by atoms with van der Waals surface area (Å²) in [6.45, 7) is 13.0. The van der Waals surface area contributed by atoms with Crippen LogP contribution in [0.15, 0.2) is 12.2 Å². The Morgan fingerprint density at radius 1 is 0.846 bits per heavy atom. The van der Waals surface area contributed by atoms with Gasteiger partial charge >= 0.3 is 0 Å². The Bertz CT molecular complexity index is 399. The van der Waals surface area contributed by atoms with Gasteiger partial charge in [-0.2, -0.15) is 0 Å². The minimum Gasteiger partial charge on any atom is -0.337 e. The molecule has 1 unspecified atom stereocenters. The molecule has 1 rings (SSSR count). The van der Waals surface area contributed by atoms with Crippen LogP contribution in [0.4, 0.5) is 0 Å². The van der Waals surface area contributed by atoms with Gasteiger partial charge < -0.3 is 4.90 Å². The van der Waals surface area contributed by atoms with Crippen LogP contribution in [0.3, 0.4) is 0 Å². The first-order chi connectivity index (χ1) is 12.6. The van der Waals surface area contributed by atoms with Crippen LogP contribution in [-0.2, 0) is 4.79 Å².